The second-order valence-electron chi connectivity index (χ2n) is 7.89. The van der Waals surface area contributed by atoms with Crippen LogP contribution in [0.5, 0.6) is 0 Å². The molecule has 1 aliphatic heterocycles. The highest BCUT2D eigenvalue weighted by Crippen LogP contribution is 2.20. The highest BCUT2D eigenvalue weighted by Gasteiger charge is 2.27. The maximum Gasteiger partial charge on any atom is 0.256 e. The molecule has 0 aliphatic carbocycles. The molecule has 0 spiro atoms. The number of rotatable bonds is 7. The molecule has 2 amide bonds. The fraction of sp³-hybridized carbons (Fsp3) is 0.348. The van der Waals surface area contributed by atoms with Gasteiger partial charge in [0.2, 0.25) is 5.91 Å². The largest absolute Gasteiger partial charge is 0.376 e. The zero-order valence-corrected chi connectivity index (χ0v) is 18.2. The van der Waals surface area contributed by atoms with Crippen LogP contribution in [-0.4, -0.2) is 62.7 Å². The molecule has 9 heteroatoms. The van der Waals surface area contributed by atoms with Gasteiger partial charge in [-0.3, -0.25) is 9.59 Å². The van der Waals surface area contributed by atoms with Crippen molar-refractivity contribution in [3.8, 4) is 5.69 Å². The summed E-state index contributed by atoms with van der Waals surface area (Å²) >= 11 is 0. The van der Waals surface area contributed by atoms with Gasteiger partial charge in [0.05, 0.1) is 17.4 Å². The molecule has 166 valence electrons. The van der Waals surface area contributed by atoms with Crippen LogP contribution >= 0.6 is 0 Å². The number of carbonyl (C=O) groups is 2. The molecule has 4 rings (SSSR count). The number of ether oxygens (including phenoxy) is 1. The number of nitrogens with zero attached hydrogens (tertiary/aromatic N) is 5. The Kier molecular flexibility index (Phi) is 6.55. The van der Waals surface area contributed by atoms with E-state index in [0.29, 0.717) is 24.4 Å². The second-order valence-corrected chi connectivity index (χ2v) is 7.89. The van der Waals surface area contributed by atoms with Gasteiger partial charge in [-0.25, -0.2) is 0 Å². The lowest BCUT2D eigenvalue weighted by Gasteiger charge is -2.26. The van der Waals surface area contributed by atoms with Gasteiger partial charge in [-0.2, -0.15) is 4.68 Å². The molecule has 0 saturated carbocycles. The molecule has 32 heavy (non-hydrogen) atoms. The number of tetrazole rings is 1. The minimum Gasteiger partial charge on any atom is -0.376 e. The van der Waals surface area contributed by atoms with E-state index in [2.05, 4.69) is 20.8 Å². The molecule has 0 unspecified atom stereocenters. The summed E-state index contributed by atoms with van der Waals surface area (Å²) in [5.41, 5.74) is 3.80. The van der Waals surface area contributed by atoms with E-state index in [1.54, 1.807) is 23.1 Å². The molecule has 2 aromatic carbocycles. The molecule has 1 fully saturated rings. The molecule has 2 heterocycles. The summed E-state index contributed by atoms with van der Waals surface area (Å²) < 4.78 is 7.18. The van der Waals surface area contributed by atoms with Gasteiger partial charge in [0.25, 0.3) is 5.91 Å². The van der Waals surface area contributed by atoms with Gasteiger partial charge >= 0.3 is 0 Å². The van der Waals surface area contributed by atoms with Gasteiger partial charge in [0, 0.05) is 18.8 Å². The smallest absolute Gasteiger partial charge is 0.256 e. The Bertz CT molecular complexity index is 1090. The first-order chi connectivity index (χ1) is 15.5. The lowest BCUT2D eigenvalue weighted by atomic mass is 10.1. The van der Waals surface area contributed by atoms with E-state index < -0.39 is 0 Å². The fourth-order valence-electron chi connectivity index (χ4n) is 3.80. The Hall–Kier alpha value is -3.59. The summed E-state index contributed by atoms with van der Waals surface area (Å²) in [6, 6.07) is 12.8. The Morgan fingerprint density at radius 3 is 2.78 bits per heavy atom. The topological polar surface area (TPSA) is 102 Å². The predicted molar refractivity (Wildman–Crippen MR) is 119 cm³/mol. The maximum absolute atomic E-state index is 13.6. The Morgan fingerprint density at radius 2 is 2.03 bits per heavy atom. The van der Waals surface area contributed by atoms with Gasteiger partial charge in [0.15, 0.2) is 0 Å². The Labute approximate surface area is 186 Å². The number of nitrogens with one attached hydrogen (secondary N) is 1. The third-order valence-corrected chi connectivity index (χ3v) is 5.68. The molecule has 1 aromatic heterocycles. The van der Waals surface area contributed by atoms with Crippen molar-refractivity contribution in [2.45, 2.75) is 32.8 Å². The normalized spacial score (nSPS) is 15.5. The minimum atomic E-state index is -0.275. The Morgan fingerprint density at radius 1 is 1.19 bits per heavy atom. The van der Waals surface area contributed by atoms with Gasteiger partial charge in [0.1, 0.15) is 12.9 Å². The summed E-state index contributed by atoms with van der Waals surface area (Å²) in [7, 11) is 0. The zero-order valence-electron chi connectivity index (χ0n) is 18.2. The average Bonchev–Trinajstić information content (AvgIpc) is 3.50. The second kappa shape index (κ2) is 9.69. The molecule has 0 bridgehead atoms. The van der Waals surface area contributed by atoms with Crippen LogP contribution in [0.2, 0.25) is 0 Å². The van der Waals surface area contributed by atoms with Crippen molar-refractivity contribution in [3.63, 3.8) is 0 Å². The van der Waals surface area contributed by atoms with Crippen LogP contribution in [0.15, 0.2) is 48.8 Å². The lowest BCUT2D eigenvalue weighted by Crippen LogP contribution is -2.42. The Balaban J connectivity index is 1.57. The van der Waals surface area contributed by atoms with E-state index in [0.717, 1.165) is 29.7 Å². The van der Waals surface area contributed by atoms with Crippen molar-refractivity contribution >= 4 is 17.5 Å². The van der Waals surface area contributed by atoms with E-state index in [1.807, 2.05) is 38.1 Å². The molecule has 1 N–H and O–H groups in total. The number of aryl methyl sites for hydroxylation is 1. The summed E-state index contributed by atoms with van der Waals surface area (Å²) in [5, 5.41) is 14.2. The van der Waals surface area contributed by atoms with E-state index >= 15 is 0 Å². The quantitative estimate of drug-likeness (QED) is 0.613. The third-order valence-electron chi connectivity index (χ3n) is 5.68. The van der Waals surface area contributed by atoms with Gasteiger partial charge in [-0.05, 0) is 66.4 Å². The van der Waals surface area contributed by atoms with E-state index in [-0.39, 0.29) is 24.5 Å². The van der Waals surface area contributed by atoms with Crippen LogP contribution < -0.4 is 5.32 Å². The van der Waals surface area contributed by atoms with Gasteiger partial charge in [-0.15, -0.1) is 5.10 Å². The summed E-state index contributed by atoms with van der Waals surface area (Å²) in [6.45, 7) is 4.87. The fourth-order valence-corrected chi connectivity index (χ4v) is 3.80. The third kappa shape index (κ3) is 4.83. The highest BCUT2D eigenvalue weighted by molar-refractivity contribution is 6.01. The van der Waals surface area contributed by atoms with Crippen molar-refractivity contribution in [2.75, 3.05) is 25.0 Å². The van der Waals surface area contributed by atoms with Crippen LogP contribution in [0.3, 0.4) is 0 Å². The maximum atomic E-state index is 13.6. The van der Waals surface area contributed by atoms with Crippen molar-refractivity contribution in [1.29, 1.82) is 0 Å². The molecule has 3 aromatic rings. The minimum absolute atomic E-state index is 0.0873. The first kappa shape index (κ1) is 21.6. The average molecular weight is 435 g/mol. The van der Waals surface area contributed by atoms with E-state index in [9.17, 15) is 9.59 Å². The van der Waals surface area contributed by atoms with Crippen molar-refractivity contribution in [1.82, 2.24) is 25.1 Å². The summed E-state index contributed by atoms with van der Waals surface area (Å²) in [5.74, 6) is -0.535. The lowest BCUT2D eigenvalue weighted by molar-refractivity contribution is -0.117. The van der Waals surface area contributed by atoms with Crippen LogP contribution in [0.1, 0.15) is 34.3 Å². The number of benzene rings is 2. The summed E-state index contributed by atoms with van der Waals surface area (Å²) in [4.78, 5) is 28.0. The number of aromatic nitrogens is 4. The number of anilines is 1. The van der Waals surface area contributed by atoms with E-state index in [1.165, 1.54) is 11.0 Å². The van der Waals surface area contributed by atoms with Gasteiger partial charge < -0.3 is 15.0 Å². The highest BCUT2D eigenvalue weighted by atomic mass is 16.5. The SMILES string of the molecule is Cc1cccc(NC(=O)CN(C[C@H]2CCCO2)C(=O)c2ccccc2-n2cnnn2)c1C. The van der Waals surface area contributed by atoms with Crippen molar-refractivity contribution in [3.05, 3.63) is 65.5 Å². The molecular weight excluding hydrogens is 408 g/mol. The molecule has 1 saturated heterocycles. The predicted octanol–water partition coefficient (Wildman–Crippen LogP) is 2.54. The number of hydrogen-bond acceptors (Lipinski definition) is 6. The van der Waals surface area contributed by atoms with Crippen LogP contribution in [-0.2, 0) is 9.53 Å². The number of hydrogen-bond donors (Lipinski definition) is 1. The first-order valence-electron chi connectivity index (χ1n) is 10.6. The molecule has 0 radical (unpaired) electrons. The molecule has 9 nitrogen and oxygen atoms in total. The monoisotopic (exact) mass is 434 g/mol. The number of para-hydroxylation sites is 1. The van der Waals surface area contributed by atoms with Crippen molar-refractivity contribution in [2.24, 2.45) is 0 Å². The number of amides is 2. The van der Waals surface area contributed by atoms with Crippen molar-refractivity contribution < 1.29 is 14.3 Å². The first-order valence-corrected chi connectivity index (χ1v) is 10.6. The van der Waals surface area contributed by atoms with Gasteiger partial charge in [-0.1, -0.05) is 24.3 Å². The molecular formula is C23H26N6O3. The molecule has 1 aliphatic rings. The van der Waals surface area contributed by atoms with Crippen LogP contribution in [0.25, 0.3) is 5.69 Å². The van der Waals surface area contributed by atoms with Crippen LogP contribution in [0.4, 0.5) is 5.69 Å². The number of carbonyl (C=O) groups excluding carboxylic acids is 2. The van der Waals surface area contributed by atoms with E-state index in [4.69, 9.17) is 4.74 Å². The zero-order chi connectivity index (χ0) is 22.5. The van der Waals surface area contributed by atoms with Crippen LogP contribution in [0, 0.1) is 13.8 Å². The molecule has 1 atom stereocenters. The summed E-state index contributed by atoms with van der Waals surface area (Å²) in [6.07, 6.45) is 3.15. The standard InChI is InChI=1S/C23H26N6O3/c1-16-7-5-10-20(17(16)2)25-22(30)14-28(13-18-8-6-12-32-18)23(31)19-9-3-4-11-21(19)29-15-24-26-27-29/h3-5,7,9-11,15,18H,6,8,12-14H2,1-2H3,(H,25,30)/t18-/m1/s1.